The molecule has 2 bridgehead atoms. The fourth-order valence-electron chi connectivity index (χ4n) is 2.62. The topological polar surface area (TPSA) is 67.8 Å². The van der Waals surface area contributed by atoms with Crippen molar-refractivity contribution in [3.8, 4) is 0 Å². The van der Waals surface area contributed by atoms with Gasteiger partial charge in [0.1, 0.15) is 0 Å². The van der Waals surface area contributed by atoms with Crippen LogP contribution in [0.15, 0.2) is 12.2 Å². The van der Waals surface area contributed by atoms with E-state index in [1.165, 1.54) is 0 Å². The molecule has 2 aliphatic carbocycles. The highest BCUT2D eigenvalue weighted by Crippen LogP contribution is 2.46. The van der Waals surface area contributed by atoms with E-state index in [0.29, 0.717) is 12.3 Å². The molecule has 2 aliphatic rings. The number of halogens is 4. The summed E-state index contributed by atoms with van der Waals surface area (Å²) in [5, 5.41) is 7.69. The molecular formula is C11H11F4O5S-. The maximum atomic E-state index is 13.7. The highest BCUT2D eigenvalue weighted by Gasteiger charge is 2.66. The first-order valence-electron chi connectivity index (χ1n) is 6.03. The Morgan fingerprint density at radius 1 is 1.29 bits per heavy atom. The number of allylic oxidation sites excluding steroid dienone is 2. The van der Waals surface area contributed by atoms with E-state index in [1.54, 1.807) is 0 Å². The van der Waals surface area contributed by atoms with Crippen molar-refractivity contribution in [2.45, 2.75) is 24.0 Å². The largest absolute Gasteiger partial charge is 0.691 e. The number of fused-ring (bicyclic) bond motifs is 2. The summed E-state index contributed by atoms with van der Waals surface area (Å²) in [7, 11) is 0. The van der Waals surface area contributed by atoms with Gasteiger partial charge in [0.25, 0.3) is 0 Å². The molecule has 0 aromatic carbocycles. The molecule has 1 saturated carbocycles. The molecule has 0 heterocycles. The predicted octanol–water partition coefficient (Wildman–Crippen LogP) is 1.84. The Bertz CT molecular complexity index is 429. The highest BCUT2D eigenvalue weighted by molar-refractivity contribution is 7.96. The van der Waals surface area contributed by atoms with Crippen LogP contribution < -0.4 is 5.26 Å². The molecule has 0 aromatic rings. The van der Waals surface area contributed by atoms with Gasteiger partial charge in [0.05, 0.1) is 18.6 Å². The summed E-state index contributed by atoms with van der Waals surface area (Å²) in [5.41, 5.74) is 0. The van der Waals surface area contributed by atoms with Crippen molar-refractivity contribution in [1.82, 2.24) is 0 Å². The average molecular weight is 331 g/mol. The molecule has 1 fully saturated rings. The molecule has 5 nitrogen and oxygen atoms in total. The van der Waals surface area contributed by atoms with Crippen molar-refractivity contribution in [3.63, 3.8) is 0 Å². The third-order valence-corrected chi connectivity index (χ3v) is 4.40. The van der Waals surface area contributed by atoms with E-state index in [4.69, 9.17) is 0 Å². The molecule has 4 unspecified atom stereocenters. The van der Waals surface area contributed by atoms with Crippen molar-refractivity contribution < 1.29 is 41.7 Å². The third-order valence-electron chi connectivity index (χ3n) is 3.65. The molecular weight excluding hydrogens is 320 g/mol. The minimum absolute atomic E-state index is 0.122. The summed E-state index contributed by atoms with van der Waals surface area (Å²) >= 11 is -1.08. The standard InChI is InChI=1S/C11H12F4O5S/c12-10(11(13,14)15,21-20-19-17)9(16)18-5-8-4-6-1-2-7(8)3-6/h1-2,6-8,17H,3-5H2/p-1. The van der Waals surface area contributed by atoms with Gasteiger partial charge in [-0.3, -0.25) is 5.04 Å². The van der Waals surface area contributed by atoms with E-state index >= 15 is 0 Å². The minimum Gasteiger partial charge on any atom is -0.691 e. The van der Waals surface area contributed by atoms with Gasteiger partial charge in [0.15, 0.2) is 0 Å². The zero-order valence-electron chi connectivity index (χ0n) is 10.5. The lowest BCUT2D eigenvalue weighted by atomic mass is 9.95. The van der Waals surface area contributed by atoms with Crippen LogP contribution in [0.4, 0.5) is 17.6 Å². The molecule has 0 spiro atoms. The maximum Gasteiger partial charge on any atom is 0.446 e. The second kappa shape index (κ2) is 6.11. The van der Waals surface area contributed by atoms with E-state index in [1.807, 2.05) is 12.2 Å². The van der Waals surface area contributed by atoms with Crippen LogP contribution in [-0.2, 0) is 18.9 Å². The highest BCUT2D eigenvalue weighted by atomic mass is 32.2. The third kappa shape index (κ3) is 3.33. The minimum atomic E-state index is -5.61. The van der Waals surface area contributed by atoms with Gasteiger partial charge in [-0.05, 0) is 30.6 Å². The Labute approximate surface area is 121 Å². The maximum absolute atomic E-state index is 13.7. The Hall–Kier alpha value is -0.840. The van der Waals surface area contributed by atoms with Crippen LogP contribution in [0, 0.1) is 17.8 Å². The van der Waals surface area contributed by atoms with Gasteiger partial charge in [-0.25, -0.2) is 9.18 Å². The van der Waals surface area contributed by atoms with Crippen LogP contribution in [0.25, 0.3) is 0 Å². The number of hydrogen-bond acceptors (Lipinski definition) is 6. The van der Waals surface area contributed by atoms with Gasteiger partial charge in [0.2, 0.25) is 0 Å². The summed E-state index contributed by atoms with van der Waals surface area (Å²) < 4.78 is 59.3. The quantitative estimate of drug-likeness (QED) is 0.185. The van der Waals surface area contributed by atoms with Crippen molar-refractivity contribution in [2.75, 3.05) is 6.61 Å². The van der Waals surface area contributed by atoms with Crippen LogP contribution >= 0.6 is 12.0 Å². The van der Waals surface area contributed by atoms with Gasteiger partial charge in [0, 0.05) is 0 Å². The summed E-state index contributed by atoms with van der Waals surface area (Å²) in [5.74, 6) is -1.81. The first-order valence-corrected chi connectivity index (χ1v) is 6.77. The summed E-state index contributed by atoms with van der Waals surface area (Å²) in [4.78, 5) is 11.4. The van der Waals surface area contributed by atoms with E-state index in [-0.39, 0.29) is 18.4 Å². The lowest BCUT2D eigenvalue weighted by molar-refractivity contribution is -0.777. The monoisotopic (exact) mass is 331 g/mol. The fraction of sp³-hybridized carbons (Fsp3) is 0.727. The molecule has 10 heteroatoms. The SMILES string of the molecule is O=C(OCC1CC2C=CC1C2)C(F)(SOO[O-])C(F)(F)F. The Morgan fingerprint density at radius 2 is 2.00 bits per heavy atom. The van der Waals surface area contributed by atoms with Crippen LogP contribution in [0.3, 0.4) is 0 Å². The van der Waals surface area contributed by atoms with Crippen LogP contribution in [0.5, 0.6) is 0 Å². The number of esters is 1. The zero-order valence-corrected chi connectivity index (χ0v) is 11.3. The number of hydrogen-bond donors (Lipinski definition) is 0. The van der Waals surface area contributed by atoms with Gasteiger partial charge < -0.3 is 9.99 Å². The van der Waals surface area contributed by atoms with Gasteiger partial charge >= 0.3 is 17.1 Å². The van der Waals surface area contributed by atoms with Crippen LogP contribution in [0.1, 0.15) is 12.8 Å². The molecule has 0 radical (unpaired) electrons. The number of alkyl halides is 4. The molecule has 0 aliphatic heterocycles. The lowest BCUT2D eigenvalue weighted by Crippen LogP contribution is -2.47. The van der Waals surface area contributed by atoms with Gasteiger partial charge in [-0.2, -0.15) is 17.5 Å². The van der Waals surface area contributed by atoms with Crippen molar-refractivity contribution >= 4 is 18.0 Å². The number of carbonyl (C=O) groups excluding carboxylic acids is 1. The molecule has 0 amide bonds. The Kier molecular flexibility index (Phi) is 4.81. The van der Waals surface area contributed by atoms with Crippen molar-refractivity contribution in [2.24, 2.45) is 17.8 Å². The van der Waals surface area contributed by atoms with Crippen molar-refractivity contribution in [3.05, 3.63) is 12.2 Å². The van der Waals surface area contributed by atoms with Crippen molar-refractivity contribution in [1.29, 1.82) is 0 Å². The second-order valence-electron chi connectivity index (χ2n) is 4.95. The molecule has 120 valence electrons. The summed E-state index contributed by atoms with van der Waals surface area (Å²) in [6, 6.07) is 0. The molecule has 0 N–H and O–H groups in total. The number of rotatable bonds is 6. The van der Waals surface area contributed by atoms with E-state index < -0.39 is 29.2 Å². The van der Waals surface area contributed by atoms with Crippen LogP contribution in [0.2, 0.25) is 0 Å². The first-order chi connectivity index (χ1) is 9.78. The lowest BCUT2D eigenvalue weighted by Gasteiger charge is -2.25. The second-order valence-corrected chi connectivity index (χ2v) is 5.82. The molecule has 0 aromatic heterocycles. The average Bonchev–Trinajstić information content (AvgIpc) is 3.03. The summed E-state index contributed by atoms with van der Waals surface area (Å²) in [6.07, 6.45) is -0.130. The summed E-state index contributed by atoms with van der Waals surface area (Å²) in [6.45, 7) is -0.315. The molecule has 21 heavy (non-hydrogen) atoms. The normalized spacial score (nSPS) is 30.4. The first kappa shape index (κ1) is 16.5. The number of carbonyl (C=O) groups is 1. The fourth-order valence-corrected chi connectivity index (χ4v) is 2.96. The van der Waals surface area contributed by atoms with E-state index in [0.717, 1.165) is 6.42 Å². The van der Waals surface area contributed by atoms with E-state index in [2.05, 4.69) is 14.1 Å². The van der Waals surface area contributed by atoms with Gasteiger partial charge in [-0.15, -0.1) is 0 Å². The number of ether oxygens (including phenoxy) is 1. The molecule has 2 rings (SSSR count). The van der Waals surface area contributed by atoms with E-state index in [9.17, 15) is 27.6 Å². The molecule has 0 saturated heterocycles. The van der Waals surface area contributed by atoms with Crippen LogP contribution in [-0.4, -0.2) is 23.8 Å². The smallest absolute Gasteiger partial charge is 0.446 e. The zero-order chi connectivity index (χ0) is 15.7. The van der Waals surface area contributed by atoms with Gasteiger partial charge in [-0.1, -0.05) is 12.2 Å². The Balaban J connectivity index is 1.94. The predicted molar refractivity (Wildman–Crippen MR) is 59.5 cm³/mol. The molecule has 4 atom stereocenters. The Morgan fingerprint density at radius 3 is 2.48 bits per heavy atom.